The second-order valence-electron chi connectivity index (χ2n) is 3.57. The second kappa shape index (κ2) is 6.06. The molecule has 6 heteroatoms. The van der Waals surface area contributed by atoms with Gasteiger partial charge in [0.25, 0.3) is 0 Å². The molecule has 0 aliphatic carbocycles. The van der Waals surface area contributed by atoms with E-state index in [1.807, 2.05) is 0 Å². The van der Waals surface area contributed by atoms with Crippen LogP contribution in [0.25, 0.3) is 0 Å². The first kappa shape index (κ1) is 14.5. The Labute approximate surface area is 135 Å². The van der Waals surface area contributed by atoms with Gasteiger partial charge in [-0.3, -0.25) is 4.79 Å². The zero-order valence-corrected chi connectivity index (χ0v) is 14.3. The van der Waals surface area contributed by atoms with Crippen LogP contribution >= 0.6 is 66.4 Å². The summed E-state index contributed by atoms with van der Waals surface area (Å²) >= 11 is 20.1. The lowest BCUT2D eigenvalue weighted by molar-refractivity contribution is 0.0992. The monoisotopic (exact) mass is 426 g/mol. The standard InChI is InChI=1S/C12H6Br2Cl2OS/c13-11-5-8(12(14)18-11)10(17)3-6-1-2-7(15)4-9(6)16/h1-2,4-5H,3H2. The molecule has 1 nitrogen and oxygen atoms in total. The molecular formula is C12H6Br2Cl2OS. The zero-order valence-electron chi connectivity index (χ0n) is 8.84. The van der Waals surface area contributed by atoms with Crippen molar-refractivity contribution in [2.45, 2.75) is 6.42 Å². The highest BCUT2D eigenvalue weighted by Gasteiger charge is 2.15. The molecule has 1 aromatic heterocycles. The molecule has 1 aromatic carbocycles. The van der Waals surface area contributed by atoms with E-state index in [1.165, 1.54) is 11.3 Å². The van der Waals surface area contributed by atoms with Crippen LogP contribution in [0.2, 0.25) is 10.0 Å². The van der Waals surface area contributed by atoms with E-state index in [4.69, 9.17) is 23.2 Å². The molecule has 0 spiro atoms. The highest BCUT2D eigenvalue weighted by molar-refractivity contribution is 9.12. The minimum Gasteiger partial charge on any atom is -0.294 e. The summed E-state index contributed by atoms with van der Waals surface area (Å²) in [7, 11) is 0. The molecule has 0 fully saturated rings. The fourth-order valence-corrected chi connectivity index (χ4v) is 4.79. The van der Waals surface area contributed by atoms with Crippen molar-refractivity contribution < 1.29 is 4.79 Å². The predicted molar refractivity (Wildman–Crippen MR) is 84.2 cm³/mol. The minimum absolute atomic E-state index is 0.0213. The summed E-state index contributed by atoms with van der Waals surface area (Å²) in [5, 5.41) is 1.08. The van der Waals surface area contributed by atoms with E-state index < -0.39 is 0 Å². The number of carbonyl (C=O) groups is 1. The van der Waals surface area contributed by atoms with Crippen molar-refractivity contribution in [1.82, 2.24) is 0 Å². The lowest BCUT2D eigenvalue weighted by Crippen LogP contribution is -2.03. The average Bonchev–Trinajstić information content (AvgIpc) is 2.62. The van der Waals surface area contributed by atoms with Crippen molar-refractivity contribution in [1.29, 1.82) is 0 Å². The molecule has 0 N–H and O–H groups in total. The Morgan fingerprint density at radius 1 is 1.22 bits per heavy atom. The quantitative estimate of drug-likeness (QED) is 0.547. The van der Waals surface area contributed by atoms with Gasteiger partial charge < -0.3 is 0 Å². The Morgan fingerprint density at radius 3 is 2.50 bits per heavy atom. The molecule has 0 aliphatic rings. The number of carbonyl (C=O) groups excluding carboxylic acids is 1. The highest BCUT2D eigenvalue weighted by Crippen LogP contribution is 2.33. The Morgan fingerprint density at radius 2 is 1.94 bits per heavy atom. The maximum absolute atomic E-state index is 12.1. The SMILES string of the molecule is O=C(Cc1ccc(Cl)cc1Cl)c1cc(Br)sc1Br. The largest absolute Gasteiger partial charge is 0.294 e. The van der Waals surface area contributed by atoms with Gasteiger partial charge in [0.15, 0.2) is 5.78 Å². The van der Waals surface area contributed by atoms with Gasteiger partial charge in [-0.25, -0.2) is 0 Å². The third kappa shape index (κ3) is 3.36. The van der Waals surface area contributed by atoms with Gasteiger partial charge in [0.05, 0.1) is 7.57 Å². The van der Waals surface area contributed by atoms with E-state index in [-0.39, 0.29) is 12.2 Å². The fourth-order valence-electron chi connectivity index (χ4n) is 1.46. The number of ketones is 1. The Balaban J connectivity index is 2.24. The van der Waals surface area contributed by atoms with Gasteiger partial charge in [0, 0.05) is 22.0 Å². The first-order chi connectivity index (χ1) is 8.47. The summed E-state index contributed by atoms with van der Waals surface area (Å²) in [6.07, 6.45) is 0.262. The summed E-state index contributed by atoms with van der Waals surface area (Å²) in [4.78, 5) is 12.1. The first-order valence-electron chi connectivity index (χ1n) is 4.89. The molecule has 0 saturated heterocycles. The van der Waals surface area contributed by atoms with E-state index in [1.54, 1.807) is 24.3 Å². The molecule has 2 rings (SSSR count). The van der Waals surface area contributed by atoms with Crippen molar-refractivity contribution in [2.75, 3.05) is 0 Å². The Hall–Kier alpha value is 0.130. The summed E-state index contributed by atoms with van der Waals surface area (Å²) in [6.45, 7) is 0. The van der Waals surface area contributed by atoms with Crippen LogP contribution in [0.15, 0.2) is 31.8 Å². The van der Waals surface area contributed by atoms with Crippen molar-refractivity contribution in [3.05, 3.63) is 53.0 Å². The lowest BCUT2D eigenvalue weighted by atomic mass is 10.1. The van der Waals surface area contributed by atoms with Crippen LogP contribution in [0.4, 0.5) is 0 Å². The zero-order chi connectivity index (χ0) is 13.3. The third-order valence-electron chi connectivity index (χ3n) is 2.32. The van der Waals surface area contributed by atoms with Gasteiger partial charge in [0.2, 0.25) is 0 Å². The fraction of sp³-hybridized carbons (Fsp3) is 0.0833. The van der Waals surface area contributed by atoms with E-state index in [0.29, 0.717) is 15.6 Å². The molecule has 2 aromatic rings. The smallest absolute Gasteiger partial charge is 0.169 e. The van der Waals surface area contributed by atoms with Crippen LogP contribution in [0, 0.1) is 0 Å². The number of rotatable bonds is 3. The van der Waals surface area contributed by atoms with E-state index in [2.05, 4.69) is 31.9 Å². The van der Waals surface area contributed by atoms with Crippen LogP contribution in [0.3, 0.4) is 0 Å². The van der Waals surface area contributed by atoms with Crippen molar-refractivity contribution in [3.63, 3.8) is 0 Å². The lowest BCUT2D eigenvalue weighted by Gasteiger charge is -2.03. The molecular weight excluding hydrogens is 423 g/mol. The average molecular weight is 429 g/mol. The van der Waals surface area contributed by atoms with Gasteiger partial charge in [-0.2, -0.15) is 0 Å². The summed E-state index contributed by atoms with van der Waals surface area (Å²) in [5.41, 5.74) is 1.44. The maximum atomic E-state index is 12.1. The predicted octanol–water partition coefficient (Wildman–Crippen LogP) is 6.01. The molecule has 1 heterocycles. The van der Waals surface area contributed by atoms with E-state index >= 15 is 0 Å². The number of Topliss-reactive ketones (excluding diaryl/α,β-unsaturated/α-hetero) is 1. The molecule has 0 saturated carbocycles. The molecule has 0 amide bonds. The summed E-state index contributed by atoms with van der Waals surface area (Å²) in [5.74, 6) is 0.0213. The number of hydrogen-bond acceptors (Lipinski definition) is 2. The first-order valence-corrected chi connectivity index (χ1v) is 8.05. The van der Waals surface area contributed by atoms with Crippen LogP contribution in [-0.2, 0) is 6.42 Å². The Kier molecular flexibility index (Phi) is 4.89. The van der Waals surface area contributed by atoms with Crippen molar-refractivity contribution >= 4 is 72.2 Å². The van der Waals surface area contributed by atoms with Gasteiger partial charge in [0.1, 0.15) is 0 Å². The maximum Gasteiger partial charge on any atom is 0.169 e. The molecule has 0 bridgehead atoms. The molecule has 0 aliphatic heterocycles. The summed E-state index contributed by atoms with van der Waals surface area (Å²) in [6, 6.07) is 6.96. The highest BCUT2D eigenvalue weighted by atomic mass is 79.9. The normalized spacial score (nSPS) is 10.7. The number of hydrogen-bond donors (Lipinski definition) is 0. The van der Waals surface area contributed by atoms with E-state index in [0.717, 1.165) is 13.1 Å². The molecule has 94 valence electrons. The third-order valence-corrected chi connectivity index (χ3v) is 5.25. The van der Waals surface area contributed by atoms with Crippen molar-refractivity contribution in [2.24, 2.45) is 0 Å². The topological polar surface area (TPSA) is 17.1 Å². The van der Waals surface area contributed by atoms with Gasteiger partial charge in [-0.15, -0.1) is 11.3 Å². The molecule has 18 heavy (non-hydrogen) atoms. The van der Waals surface area contributed by atoms with Crippen LogP contribution in [0.1, 0.15) is 15.9 Å². The van der Waals surface area contributed by atoms with Crippen LogP contribution in [-0.4, -0.2) is 5.78 Å². The number of halogens is 4. The van der Waals surface area contributed by atoms with Crippen LogP contribution in [0.5, 0.6) is 0 Å². The van der Waals surface area contributed by atoms with Gasteiger partial charge >= 0.3 is 0 Å². The number of thiophene rings is 1. The van der Waals surface area contributed by atoms with Crippen LogP contribution < -0.4 is 0 Å². The second-order valence-corrected chi connectivity index (χ2v) is 8.17. The van der Waals surface area contributed by atoms with Gasteiger partial charge in [-0.1, -0.05) is 29.3 Å². The molecule has 0 unspecified atom stereocenters. The Bertz CT molecular complexity index is 610. The molecule has 0 atom stereocenters. The molecule has 0 radical (unpaired) electrons. The van der Waals surface area contributed by atoms with Crippen molar-refractivity contribution in [3.8, 4) is 0 Å². The van der Waals surface area contributed by atoms with Gasteiger partial charge in [-0.05, 0) is 55.6 Å². The number of benzene rings is 1. The minimum atomic E-state index is 0.0213. The summed E-state index contributed by atoms with van der Waals surface area (Å²) < 4.78 is 1.74. The van der Waals surface area contributed by atoms with E-state index in [9.17, 15) is 4.79 Å².